The van der Waals surface area contributed by atoms with E-state index < -0.39 is 23.6 Å². The van der Waals surface area contributed by atoms with Crippen molar-refractivity contribution in [2.24, 2.45) is 5.92 Å². The van der Waals surface area contributed by atoms with Gasteiger partial charge in [-0.15, -0.1) is 0 Å². The minimum Gasteiger partial charge on any atom is -0.316 e. The van der Waals surface area contributed by atoms with Gasteiger partial charge in [-0.1, -0.05) is 0 Å². The van der Waals surface area contributed by atoms with Gasteiger partial charge in [0.2, 0.25) is 0 Å². The Morgan fingerprint density at radius 3 is 2.67 bits per heavy atom. The zero-order valence-corrected chi connectivity index (χ0v) is 9.86. The highest BCUT2D eigenvalue weighted by molar-refractivity contribution is 5.27. The molecule has 100 valence electrons. The molecule has 1 heterocycles. The fraction of sp³-hybridized carbons (Fsp3) is 0.538. The van der Waals surface area contributed by atoms with E-state index in [-0.39, 0.29) is 11.5 Å². The Morgan fingerprint density at radius 2 is 2.06 bits per heavy atom. The predicted molar refractivity (Wildman–Crippen MR) is 60.6 cm³/mol. The number of nitrogens with one attached hydrogen (secondary N) is 1. The van der Waals surface area contributed by atoms with Crippen molar-refractivity contribution < 1.29 is 17.6 Å². The van der Waals surface area contributed by atoms with Crippen LogP contribution in [0.25, 0.3) is 0 Å². The molecule has 0 saturated carbocycles. The Labute approximate surface area is 103 Å². The summed E-state index contributed by atoms with van der Waals surface area (Å²) in [6.45, 7) is 1.64. The van der Waals surface area contributed by atoms with Gasteiger partial charge in [0.25, 0.3) is 6.43 Å². The van der Waals surface area contributed by atoms with Crippen LogP contribution in [0.1, 0.15) is 30.4 Å². The normalized spacial score (nSPS) is 20.4. The predicted octanol–water partition coefficient (Wildman–Crippen LogP) is 3.44. The molecule has 18 heavy (non-hydrogen) atoms. The maximum Gasteiger partial charge on any atom is 0.263 e. The summed E-state index contributed by atoms with van der Waals surface area (Å²) in [7, 11) is 0. The largest absolute Gasteiger partial charge is 0.316 e. The first-order chi connectivity index (χ1) is 8.58. The van der Waals surface area contributed by atoms with Crippen LogP contribution in [0.3, 0.4) is 0 Å². The van der Waals surface area contributed by atoms with Crippen molar-refractivity contribution in [1.29, 1.82) is 0 Å². The summed E-state index contributed by atoms with van der Waals surface area (Å²) in [5.41, 5.74) is -0.397. The topological polar surface area (TPSA) is 12.0 Å². The van der Waals surface area contributed by atoms with E-state index in [2.05, 4.69) is 5.32 Å². The molecule has 1 N–H and O–H groups in total. The van der Waals surface area contributed by atoms with Gasteiger partial charge in [0.15, 0.2) is 11.6 Å². The smallest absolute Gasteiger partial charge is 0.263 e. The van der Waals surface area contributed by atoms with Gasteiger partial charge >= 0.3 is 0 Å². The molecule has 1 aliphatic rings. The molecule has 0 radical (unpaired) electrons. The van der Waals surface area contributed by atoms with E-state index in [1.807, 2.05) is 0 Å². The molecule has 1 aromatic carbocycles. The monoisotopic (exact) mass is 261 g/mol. The highest BCUT2D eigenvalue weighted by Gasteiger charge is 2.20. The Kier molecular flexibility index (Phi) is 4.22. The maximum atomic E-state index is 13.6. The lowest BCUT2D eigenvalue weighted by Crippen LogP contribution is -2.31. The lowest BCUT2D eigenvalue weighted by atomic mass is 9.91. The van der Waals surface area contributed by atoms with Gasteiger partial charge in [-0.05, 0) is 56.0 Å². The lowest BCUT2D eigenvalue weighted by molar-refractivity contribution is 0.150. The summed E-state index contributed by atoms with van der Waals surface area (Å²) in [5.74, 6) is -2.00. The van der Waals surface area contributed by atoms with Crippen LogP contribution >= 0.6 is 0 Å². The second-order valence-corrected chi connectivity index (χ2v) is 4.69. The Morgan fingerprint density at radius 1 is 1.28 bits per heavy atom. The Bertz CT molecular complexity index is 414. The van der Waals surface area contributed by atoms with Crippen LogP contribution in [0.4, 0.5) is 17.6 Å². The molecular formula is C13H15F4N. The van der Waals surface area contributed by atoms with Crippen molar-refractivity contribution >= 4 is 0 Å². The van der Waals surface area contributed by atoms with Crippen LogP contribution in [0.15, 0.2) is 12.1 Å². The molecule has 1 aromatic rings. The number of hydrogen-bond donors (Lipinski definition) is 1. The van der Waals surface area contributed by atoms with Crippen molar-refractivity contribution in [3.05, 3.63) is 34.9 Å². The van der Waals surface area contributed by atoms with Crippen LogP contribution in [-0.4, -0.2) is 13.1 Å². The molecule has 0 amide bonds. The first-order valence-corrected chi connectivity index (χ1v) is 6.04. The zero-order valence-electron chi connectivity index (χ0n) is 9.86. The van der Waals surface area contributed by atoms with E-state index in [0.29, 0.717) is 12.5 Å². The third kappa shape index (κ3) is 3.02. The molecule has 5 heteroatoms. The minimum absolute atomic E-state index is 0.0546. The molecule has 1 saturated heterocycles. The number of benzene rings is 1. The quantitative estimate of drug-likeness (QED) is 0.822. The second-order valence-electron chi connectivity index (χ2n) is 4.69. The average Bonchev–Trinajstić information content (AvgIpc) is 2.35. The average molecular weight is 261 g/mol. The summed E-state index contributed by atoms with van der Waals surface area (Å²) in [6, 6.07) is 1.65. The van der Waals surface area contributed by atoms with Crippen LogP contribution in [0.5, 0.6) is 0 Å². The van der Waals surface area contributed by atoms with Gasteiger partial charge in [0, 0.05) is 5.56 Å². The molecule has 1 atom stereocenters. The lowest BCUT2D eigenvalue weighted by Gasteiger charge is -2.23. The van der Waals surface area contributed by atoms with Gasteiger partial charge in [-0.25, -0.2) is 17.6 Å². The van der Waals surface area contributed by atoms with Gasteiger partial charge in [-0.3, -0.25) is 0 Å². The standard InChI is InChI=1S/C13H15F4N/c14-11-6-10(13(16)17)5-9(12(11)15)4-8-2-1-3-18-7-8/h5-6,8,13,18H,1-4,7H2. The van der Waals surface area contributed by atoms with E-state index in [1.165, 1.54) is 0 Å². The number of alkyl halides is 2. The molecule has 1 unspecified atom stereocenters. The van der Waals surface area contributed by atoms with Gasteiger partial charge in [-0.2, -0.15) is 0 Å². The van der Waals surface area contributed by atoms with E-state index in [9.17, 15) is 17.6 Å². The summed E-state index contributed by atoms with van der Waals surface area (Å²) >= 11 is 0. The Hall–Kier alpha value is -1.10. The molecule has 0 aliphatic carbocycles. The van der Waals surface area contributed by atoms with Crippen LogP contribution < -0.4 is 5.32 Å². The minimum atomic E-state index is -2.77. The molecule has 1 nitrogen and oxygen atoms in total. The summed E-state index contributed by atoms with van der Waals surface area (Å²) in [6.07, 6.45) is -0.588. The van der Waals surface area contributed by atoms with Crippen molar-refractivity contribution in [1.82, 2.24) is 5.32 Å². The van der Waals surface area contributed by atoms with Gasteiger partial charge < -0.3 is 5.32 Å². The molecule has 2 rings (SSSR count). The van der Waals surface area contributed by atoms with E-state index in [4.69, 9.17) is 0 Å². The highest BCUT2D eigenvalue weighted by Crippen LogP contribution is 2.26. The van der Waals surface area contributed by atoms with Gasteiger partial charge in [0.1, 0.15) is 0 Å². The Balaban J connectivity index is 2.19. The van der Waals surface area contributed by atoms with Crippen LogP contribution in [0.2, 0.25) is 0 Å². The number of halogens is 4. The van der Waals surface area contributed by atoms with E-state index in [0.717, 1.165) is 32.0 Å². The van der Waals surface area contributed by atoms with Gasteiger partial charge in [0.05, 0.1) is 0 Å². The molecule has 1 fully saturated rings. The maximum absolute atomic E-state index is 13.6. The van der Waals surface area contributed by atoms with Crippen molar-refractivity contribution in [3.8, 4) is 0 Å². The third-order valence-corrected chi connectivity index (χ3v) is 3.29. The molecule has 0 spiro atoms. The molecule has 0 aromatic heterocycles. The summed E-state index contributed by atoms with van der Waals surface area (Å²) in [5, 5.41) is 3.16. The van der Waals surface area contributed by atoms with Crippen molar-refractivity contribution in [2.45, 2.75) is 25.7 Å². The SMILES string of the molecule is Fc1cc(C(F)F)cc(CC2CCCNC2)c1F. The second kappa shape index (κ2) is 5.69. The number of hydrogen-bond acceptors (Lipinski definition) is 1. The summed E-state index contributed by atoms with van der Waals surface area (Å²) < 4.78 is 51.9. The van der Waals surface area contributed by atoms with Crippen molar-refractivity contribution in [3.63, 3.8) is 0 Å². The first-order valence-electron chi connectivity index (χ1n) is 6.04. The molecule has 1 aliphatic heterocycles. The first kappa shape index (κ1) is 13.3. The fourth-order valence-corrected chi connectivity index (χ4v) is 2.35. The van der Waals surface area contributed by atoms with E-state index >= 15 is 0 Å². The van der Waals surface area contributed by atoms with Crippen LogP contribution in [0, 0.1) is 17.6 Å². The van der Waals surface area contributed by atoms with E-state index in [1.54, 1.807) is 0 Å². The van der Waals surface area contributed by atoms with Crippen molar-refractivity contribution in [2.75, 3.05) is 13.1 Å². The number of rotatable bonds is 3. The molecular weight excluding hydrogens is 246 g/mol. The third-order valence-electron chi connectivity index (χ3n) is 3.29. The zero-order chi connectivity index (χ0) is 13.1. The highest BCUT2D eigenvalue weighted by atomic mass is 19.3. The fourth-order valence-electron chi connectivity index (χ4n) is 2.35. The summed E-state index contributed by atoms with van der Waals surface area (Å²) in [4.78, 5) is 0. The molecule has 0 bridgehead atoms. The number of piperidine rings is 1. The van der Waals surface area contributed by atoms with Crippen LogP contribution in [-0.2, 0) is 6.42 Å².